The zero-order chi connectivity index (χ0) is 7.56. The molecule has 0 unspecified atom stereocenters. The minimum atomic E-state index is -1.20. The van der Waals surface area contributed by atoms with Crippen LogP contribution in [0, 0.1) is 0 Å². The van der Waals surface area contributed by atoms with Crippen LogP contribution in [0.1, 0.15) is 6.92 Å². The Labute approximate surface area is 58.3 Å². The highest BCUT2D eigenvalue weighted by atomic mass is 16.4. The van der Waals surface area contributed by atoms with E-state index in [9.17, 15) is 9.90 Å². The first-order valence-corrected chi connectivity index (χ1v) is 3.02. The number of aromatic nitrogens is 2. The molecule has 4 nitrogen and oxygen atoms in total. The summed E-state index contributed by atoms with van der Waals surface area (Å²) in [5, 5.41) is 10.2. The molecule has 0 radical (unpaired) electrons. The Kier molecular flexibility index (Phi) is 1.71. The molecule has 54 valence electrons. The third-order valence-electron chi connectivity index (χ3n) is 1.27. The van der Waals surface area contributed by atoms with E-state index in [2.05, 4.69) is 0 Å². The van der Waals surface area contributed by atoms with Gasteiger partial charge in [0.15, 0.2) is 0 Å². The van der Waals surface area contributed by atoms with E-state index < -0.39 is 6.09 Å². The standard InChI is InChI=1S/C6H8N2O2/c1-2-7-3-4-8(5-7)6(9)10/h3-5H,2H2,1H3. The minimum absolute atomic E-state index is 0.764. The Bertz CT molecular complexity index is 242. The second-order valence-electron chi connectivity index (χ2n) is 1.92. The summed E-state index contributed by atoms with van der Waals surface area (Å²) in [4.78, 5) is 10.2. The van der Waals surface area contributed by atoms with E-state index in [0.717, 1.165) is 11.1 Å². The van der Waals surface area contributed by atoms with Crippen molar-refractivity contribution in [2.75, 3.05) is 0 Å². The Morgan fingerprint density at radius 2 is 2.50 bits per heavy atom. The zero-order valence-electron chi connectivity index (χ0n) is 5.65. The summed E-state index contributed by atoms with van der Waals surface area (Å²) in [5.74, 6) is 0. The van der Waals surface area contributed by atoms with E-state index in [0.29, 0.717) is 0 Å². The molecule has 0 fully saturated rings. The lowest BCUT2D eigenvalue weighted by atomic mass is 10.7. The van der Waals surface area contributed by atoms with Gasteiger partial charge in [-0.1, -0.05) is 0 Å². The zero-order valence-corrected chi connectivity index (χ0v) is 5.65. The fraction of sp³-hybridized carbons (Fsp3) is 0.333. The van der Waals surface area contributed by atoms with Gasteiger partial charge in [0.25, 0.3) is 0 Å². The van der Waals surface area contributed by atoms with E-state index in [1.54, 1.807) is 10.8 Å². The maximum Gasteiger partial charge on any atom is 0.250 e. The molecule has 0 aliphatic rings. The van der Waals surface area contributed by atoms with Crippen molar-refractivity contribution in [1.82, 2.24) is 4.57 Å². The lowest BCUT2D eigenvalue weighted by Gasteiger charge is -1.90. The highest BCUT2D eigenvalue weighted by Crippen LogP contribution is 1.79. The molecule has 0 atom stereocenters. The van der Waals surface area contributed by atoms with Crippen molar-refractivity contribution < 1.29 is 14.5 Å². The average molecular weight is 140 g/mol. The topological polar surface area (TPSA) is 48.9 Å². The Balaban J connectivity index is 2.88. The average Bonchev–Trinajstić information content (AvgIpc) is 2.34. The van der Waals surface area contributed by atoms with Crippen LogP contribution >= 0.6 is 0 Å². The van der Waals surface area contributed by atoms with Crippen LogP contribution in [0.2, 0.25) is 0 Å². The summed E-state index contributed by atoms with van der Waals surface area (Å²) in [5.41, 5.74) is 0. The highest BCUT2D eigenvalue weighted by Gasteiger charge is 2.00. The number of hydrogen-bond acceptors (Lipinski definition) is 2. The van der Waals surface area contributed by atoms with Gasteiger partial charge in [-0.3, -0.25) is 0 Å². The molecule has 1 rings (SSSR count). The normalized spacial score (nSPS) is 9.70. The molecular formula is C6H8N2O2. The van der Waals surface area contributed by atoms with Gasteiger partial charge in [0.1, 0.15) is 12.4 Å². The summed E-state index contributed by atoms with van der Waals surface area (Å²) in [7, 11) is 0. The van der Waals surface area contributed by atoms with Crippen molar-refractivity contribution in [3.63, 3.8) is 0 Å². The summed E-state index contributed by atoms with van der Waals surface area (Å²) < 4.78 is 2.75. The number of aryl methyl sites for hydroxylation is 1. The van der Waals surface area contributed by atoms with Crippen LogP contribution in [0.4, 0.5) is 4.79 Å². The van der Waals surface area contributed by atoms with Gasteiger partial charge in [0.2, 0.25) is 12.4 Å². The van der Waals surface area contributed by atoms with Crippen LogP contribution in [0.15, 0.2) is 18.7 Å². The molecule has 1 aromatic rings. The van der Waals surface area contributed by atoms with Crippen molar-refractivity contribution >= 4 is 6.09 Å². The quantitative estimate of drug-likeness (QED) is 0.469. The number of carbonyl (C=O) groups is 1. The molecule has 0 aliphatic carbocycles. The van der Waals surface area contributed by atoms with Gasteiger partial charge in [0, 0.05) is 0 Å². The summed E-state index contributed by atoms with van der Waals surface area (Å²) in [6.07, 6.45) is 3.39. The second-order valence-corrected chi connectivity index (χ2v) is 1.92. The SMILES string of the molecule is CC[n+]1ccn(C(=O)[O-])c1. The number of imidazole rings is 1. The number of nitrogens with zero attached hydrogens (tertiary/aromatic N) is 2. The molecule has 0 saturated carbocycles. The van der Waals surface area contributed by atoms with Gasteiger partial charge < -0.3 is 9.90 Å². The first-order chi connectivity index (χ1) is 4.74. The van der Waals surface area contributed by atoms with Crippen molar-refractivity contribution in [1.29, 1.82) is 0 Å². The molecular weight excluding hydrogens is 132 g/mol. The maximum atomic E-state index is 10.2. The van der Waals surface area contributed by atoms with Crippen LogP contribution in [0.25, 0.3) is 0 Å². The molecule has 0 saturated heterocycles. The van der Waals surface area contributed by atoms with Gasteiger partial charge in [-0.2, -0.15) is 4.57 Å². The summed E-state index contributed by atoms with van der Waals surface area (Å²) in [6.45, 7) is 2.69. The maximum absolute atomic E-state index is 10.2. The predicted molar refractivity (Wildman–Crippen MR) is 31.1 cm³/mol. The van der Waals surface area contributed by atoms with Gasteiger partial charge in [-0.15, -0.1) is 0 Å². The molecule has 0 amide bonds. The molecule has 0 spiro atoms. The minimum Gasteiger partial charge on any atom is -0.510 e. The lowest BCUT2D eigenvalue weighted by molar-refractivity contribution is -0.692. The summed E-state index contributed by atoms with van der Waals surface area (Å²) in [6, 6.07) is 0. The van der Waals surface area contributed by atoms with Gasteiger partial charge >= 0.3 is 0 Å². The predicted octanol–water partition coefficient (Wildman–Crippen LogP) is -1.01. The van der Waals surface area contributed by atoms with Crippen LogP contribution < -0.4 is 9.67 Å². The van der Waals surface area contributed by atoms with E-state index in [1.807, 2.05) is 6.92 Å². The Morgan fingerprint density at radius 1 is 1.80 bits per heavy atom. The van der Waals surface area contributed by atoms with E-state index in [-0.39, 0.29) is 0 Å². The van der Waals surface area contributed by atoms with Crippen molar-refractivity contribution in [3.8, 4) is 0 Å². The molecule has 10 heavy (non-hydrogen) atoms. The Hall–Kier alpha value is -1.32. The number of carbonyl (C=O) groups excluding carboxylic acids is 1. The van der Waals surface area contributed by atoms with Crippen molar-refractivity contribution in [2.24, 2.45) is 0 Å². The highest BCUT2D eigenvalue weighted by molar-refractivity contribution is 5.64. The van der Waals surface area contributed by atoms with Crippen LogP contribution in [0.3, 0.4) is 0 Å². The summed E-state index contributed by atoms with van der Waals surface area (Å²) >= 11 is 0. The fourth-order valence-corrected chi connectivity index (χ4v) is 0.689. The van der Waals surface area contributed by atoms with Crippen LogP contribution in [-0.4, -0.2) is 10.7 Å². The fourth-order valence-electron chi connectivity index (χ4n) is 0.689. The molecule has 1 aromatic heterocycles. The van der Waals surface area contributed by atoms with Crippen LogP contribution in [-0.2, 0) is 6.54 Å². The third-order valence-corrected chi connectivity index (χ3v) is 1.27. The Morgan fingerprint density at radius 3 is 2.80 bits per heavy atom. The number of carboxylic acid groups (broad SMARTS) is 1. The number of hydrogen-bond donors (Lipinski definition) is 0. The van der Waals surface area contributed by atoms with Gasteiger partial charge in [-0.05, 0) is 6.92 Å². The number of rotatable bonds is 1. The van der Waals surface area contributed by atoms with Crippen LogP contribution in [0.5, 0.6) is 0 Å². The monoisotopic (exact) mass is 140 g/mol. The molecule has 0 bridgehead atoms. The molecule has 1 heterocycles. The molecule has 0 aromatic carbocycles. The first-order valence-electron chi connectivity index (χ1n) is 3.02. The van der Waals surface area contributed by atoms with Gasteiger partial charge in [0.05, 0.1) is 6.54 Å². The van der Waals surface area contributed by atoms with E-state index >= 15 is 0 Å². The van der Waals surface area contributed by atoms with E-state index in [4.69, 9.17) is 0 Å². The van der Waals surface area contributed by atoms with Crippen molar-refractivity contribution in [2.45, 2.75) is 13.5 Å². The molecule has 0 N–H and O–H groups in total. The van der Waals surface area contributed by atoms with E-state index in [1.165, 1.54) is 12.5 Å². The first kappa shape index (κ1) is 6.80. The molecule has 4 heteroatoms. The smallest absolute Gasteiger partial charge is 0.250 e. The second kappa shape index (κ2) is 2.51. The van der Waals surface area contributed by atoms with Gasteiger partial charge in [-0.25, -0.2) is 4.57 Å². The molecule has 0 aliphatic heterocycles. The lowest BCUT2D eigenvalue weighted by Crippen LogP contribution is -2.32. The largest absolute Gasteiger partial charge is 0.510 e. The van der Waals surface area contributed by atoms with Crippen molar-refractivity contribution in [3.05, 3.63) is 18.7 Å². The third kappa shape index (κ3) is 1.15.